The third kappa shape index (κ3) is 5.66. The first-order valence-electron chi connectivity index (χ1n) is 11.9. The van der Waals surface area contributed by atoms with Gasteiger partial charge in [-0.05, 0) is 63.1 Å². The highest BCUT2D eigenvalue weighted by Crippen LogP contribution is 2.41. The lowest BCUT2D eigenvalue weighted by Crippen LogP contribution is -2.31. The third-order valence-electron chi connectivity index (χ3n) is 6.13. The summed E-state index contributed by atoms with van der Waals surface area (Å²) in [5, 5.41) is 19.3. The Bertz CT molecular complexity index is 1480. The monoisotopic (exact) mass is 530 g/mol. The highest BCUT2D eigenvalue weighted by molar-refractivity contribution is 8.03. The molecule has 0 radical (unpaired) electrons. The first kappa shape index (κ1) is 26.8. The second-order valence-corrected chi connectivity index (χ2v) is 10.00. The normalized spacial score (nSPS) is 15.1. The van der Waals surface area contributed by atoms with Crippen LogP contribution in [0.25, 0.3) is 0 Å². The van der Waals surface area contributed by atoms with Gasteiger partial charge in [-0.3, -0.25) is 9.59 Å². The molecule has 2 amide bonds. The molecule has 194 valence electrons. The van der Waals surface area contributed by atoms with Gasteiger partial charge in [-0.25, -0.2) is 4.39 Å². The summed E-state index contributed by atoms with van der Waals surface area (Å²) >= 11 is 1.16. The molecule has 1 aliphatic rings. The third-order valence-corrected chi connectivity index (χ3v) is 7.15. The molecule has 0 spiro atoms. The van der Waals surface area contributed by atoms with E-state index in [9.17, 15) is 19.2 Å². The van der Waals surface area contributed by atoms with Gasteiger partial charge >= 0.3 is 0 Å². The predicted octanol–water partition coefficient (Wildman–Crippen LogP) is 6.05. The number of nitrogens with one attached hydrogen (secondary N) is 3. The number of carbonyl (C=O) groups is 2. The average molecular weight is 531 g/mol. The number of hydrogen-bond acceptors (Lipinski definition) is 6. The Hall–Kier alpha value is -4.29. The zero-order valence-corrected chi connectivity index (χ0v) is 22.3. The topological polar surface area (TPSA) is 107 Å². The summed E-state index contributed by atoms with van der Waals surface area (Å²) in [6, 6.07) is 15.4. The van der Waals surface area contributed by atoms with Crippen LogP contribution in [-0.4, -0.2) is 17.6 Å². The van der Waals surface area contributed by atoms with Crippen molar-refractivity contribution in [1.29, 1.82) is 5.26 Å². The minimum absolute atomic E-state index is 0.0250. The molecule has 0 aliphatic carbocycles. The number of nitriles is 1. The van der Waals surface area contributed by atoms with E-state index in [1.54, 1.807) is 25.1 Å². The highest BCUT2D eigenvalue weighted by Gasteiger charge is 2.36. The number of benzene rings is 2. The number of anilines is 2. The number of nitrogens with zero attached hydrogens (tertiary/aromatic N) is 1. The smallest absolute Gasteiger partial charge is 0.254 e. The molecular formula is C29H27FN4O3S. The fraction of sp³-hybridized carbons (Fsp3) is 0.207. The van der Waals surface area contributed by atoms with Crippen LogP contribution in [0.15, 0.2) is 81.1 Å². The summed E-state index contributed by atoms with van der Waals surface area (Å²) in [6.07, 6.45) is 1.46. The first-order chi connectivity index (χ1) is 18.2. The van der Waals surface area contributed by atoms with E-state index in [2.05, 4.69) is 22.0 Å². The number of halogens is 1. The van der Waals surface area contributed by atoms with E-state index in [4.69, 9.17) is 4.42 Å². The molecule has 9 heteroatoms. The first-order valence-corrected chi connectivity index (χ1v) is 12.9. The number of para-hydroxylation sites is 1. The van der Waals surface area contributed by atoms with Crippen molar-refractivity contribution in [3.8, 4) is 6.07 Å². The van der Waals surface area contributed by atoms with Crippen LogP contribution >= 0.6 is 11.8 Å². The number of carbonyl (C=O) groups excluding carboxylic acids is 2. The number of hydrogen-bond donors (Lipinski definition) is 3. The lowest BCUT2D eigenvalue weighted by atomic mass is 9.85. The van der Waals surface area contributed by atoms with Crippen LogP contribution in [0.3, 0.4) is 0 Å². The summed E-state index contributed by atoms with van der Waals surface area (Å²) in [4.78, 5) is 26.2. The Balaban J connectivity index is 1.59. The number of thioether (sulfide) groups is 1. The van der Waals surface area contributed by atoms with E-state index in [-0.39, 0.29) is 28.5 Å². The fourth-order valence-corrected chi connectivity index (χ4v) is 5.40. The molecule has 1 aromatic heterocycles. The van der Waals surface area contributed by atoms with E-state index in [0.29, 0.717) is 16.5 Å². The SMILES string of the molecule is CC1=C(C(=O)Nc2ccccc2F)[C@H](c2ccco2)C(C#N)=C(SCC(=O)Nc2c(C)cc(C)cc2C)N1. The maximum Gasteiger partial charge on any atom is 0.254 e. The molecular weight excluding hydrogens is 503 g/mol. The molecule has 7 nitrogen and oxygen atoms in total. The van der Waals surface area contributed by atoms with Crippen LogP contribution in [0.4, 0.5) is 15.8 Å². The lowest BCUT2D eigenvalue weighted by Gasteiger charge is -2.28. The quantitative estimate of drug-likeness (QED) is 0.343. The largest absolute Gasteiger partial charge is 0.468 e. The molecule has 2 aromatic carbocycles. The number of amides is 2. The van der Waals surface area contributed by atoms with Crippen LogP contribution in [0.5, 0.6) is 0 Å². The van der Waals surface area contributed by atoms with Crippen molar-refractivity contribution in [2.45, 2.75) is 33.6 Å². The Morgan fingerprint density at radius 3 is 2.42 bits per heavy atom. The molecule has 0 saturated carbocycles. The number of aryl methyl sites for hydroxylation is 3. The van der Waals surface area contributed by atoms with Gasteiger partial charge in [-0.2, -0.15) is 5.26 Å². The molecule has 38 heavy (non-hydrogen) atoms. The van der Waals surface area contributed by atoms with Crippen molar-refractivity contribution in [3.63, 3.8) is 0 Å². The molecule has 3 N–H and O–H groups in total. The lowest BCUT2D eigenvalue weighted by molar-refractivity contribution is -0.114. The van der Waals surface area contributed by atoms with Crippen molar-refractivity contribution in [2.75, 3.05) is 16.4 Å². The van der Waals surface area contributed by atoms with E-state index < -0.39 is 17.6 Å². The minimum atomic E-state index is -0.838. The van der Waals surface area contributed by atoms with Gasteiger partial charge < -0.3 is 20.4 Å². The van der Waals surface area contributed by atoms with E-state index in [0.717, 1.165) is 34.1 Å². The van der Waals surface area contributed by atoms with Crippen molar-refractivity contribution in [1.82, 2.24) is 5.32 Å². The molecule has 4 rings (SSSR count). The van der Waals surface area contributed by atoms with Gasteiger partial charge in [0.15, 0.2) is 0 Å². The van der Waals surface area contributed by atoms with Gasteiger partial charge in [0.2, 0.25) is 5.91 Å². The van der Waals surface area contributed by atoms with Gasteiger partial charge in [0.05, 0.1) is 45.9 Å². The number of allylic oxidation sites excluding steroid dienone is 2. The number of furan rings is 1. The van der Waals surface area contributed by atoms with Crippen molar-refractivity contribution in [2.24, 2.45) is 0 Å². The summed E-state index contributed by atoms with van der Waals surface area (Å²) in [6.45, 7) is 7.58. The maximum absolute atomic E-state index is 14.2. The summed E-state index contributed by atoms with van der Waals surface area (Å²) in [5.41, 5.74) is 4.76. The molecule has 0 saturated heterocycles. The van der Waals surface area contributed by atoms with Crippen LogP contribution in [0.2, 0.25) is 0 Å². The van der Waals surface area contributed by atoms with Crippen molar-refractivity contribution >= 4 is 35.0 Å². The van der Waals surface area contributed by atoms with Gasteiger partial charge in [0, 0.05) is 11.4 Å². The molecule has 3 aromatic rings. The van der Waals surface area contributed by atoms with Crippen LogP contribution in [0.1, 0.15) is 35.3 Å². The molecule has 0 bridgehead atoms. The van der Waals surface area contributed by atoms with Gasteiger partial charge in [0.1, 0.15) is 11.6 Å². The average Bonchev–Trinajstić information content (AvgIpc) is 3.40. The molecule has 2 heterocycles. The van der Waals surface area contributed by atoms with E-state index >= 15 is 0 Å². The molecule has 1 atom stereocenters. The zero-order chi connectivity index (χ0) is 27.4. The maximum atomic E-state index is 14.2. The number of rotatable bonds is 7. The second-order valence-electron chi connectivity index (χ2n) is 9.01. The Kier molecular flexibility index (Phi) is 8.03. The Labute approximate surface area is 224 Å². The minimum Gasteiger partial charge on any atom is -0.468 e. The highest BCUT2D eigenvalue weighted by atomic mass is 32.2. The van der Waals surface area contributed by atoms with Crippen LogP contribution < -0.4 is 16.0 Å². The Morgan fingerprint density at radius 1 is 1.08 bits per heavy atom. The van der Waals surface area contributed by atoms with E-state index in [1.165, 1.54) is 24.5 Å². The van der Waals surface area contributed by atoms with E-state index in [1.807, 2.05) is 32.9 Å². The standard InChI is InChI=1S/C29H27FN4O3S/c1-16-12-17(2)27(18(3)13-16)34-24(35)15-38-29-20(14-31)26(23-10-7-11-37-23)25(19(4)32-29)28(36)33-22-9-6-5-8-21(22)30/h5-13,26,32H,15H2,1-4H3,(H,33,36)(H,34,35)/t26-/m0/s1. The summed E-state index contributed by atoms with van der Waals surface area (Å²) in [5.74, 6) is -1.79. The summed E-state index contributed by atoms with van der Waals surface area (Å²) in [7, 11) is 0. The van der Waals surface area contributed by atoms with Crippen molar-refractivity contribution < 1.29 is 18.4 Å². The number of dihydropyridines is 1. The molecule has 0 fully saturated rings. The van der Waals surface area contributed by atoms with Crippen molar-refractivity contribution in [3.05, 3.63) is 105 Å². The summed E-state index contributed by atoms with van der Waals surface area (Å²) < 4.78 is 19.8. The second kappa shape index (κ2) is 11.4. The van der Waals surface area contributed by atoms with Crippen LogP contribution in [-0.2, 0) is 9.59 Å². The fourth-order valence-electron chi connectivity index (χ4n) is 4.51. The van der Waals surface area contributed by atoms with Crippen LogP contribution in [0, 0.1) is 37.9 Å². The molecule has 1 aliphatic heterocycles. The van der Waals surface area contributed by atoms with Gasteiger partial charge in [0.25, 0.3) is 5.91 Å². The van der Waals surface area contributed by atoms with Gasteiger partial charge in [-0.15, -0.1) is 0 Å². The molecule has 0 unspecified atom stereocenters. The Morgan fingerprint density at radius 2 is 1.79 bits per heavy atom. The zero-order valence-electron chi connectivity index (χ0n) is 21.4. The predicted molar refractivity (Wildman–Crippen MR) is 147 cm³/mol. The van der Waals surface area contributed by atoms with Gasteiger partial charge in [-0.1, -0.05) is 41.6 Å².